The zero-order valence-electron chi connectivity index (χ0n) is 12.4. The molecule has 5 heteroatoms. The van der Waals surface area contributed by atoms with Gasteiger partial charge in [-0.3, -0.25) is 4.79 Å². The molecule has 1 saturated carbocycles. The molecule has 1 N–H and O–H groups in total. The Hall–Kier alpha value is -1.26. The number of carbonyl (C=O) groups is 2. The number of nitrogens with one attached hydrogen (secondary N) is 1. The molecule has 0 aromatic carbocycles. The third-order valence-electron chi connectivity index (χ3n) is 3.68. The van der Waals surface area contributed by atoms with Crippen LogP contribution in [-0.4, -0.2) is 41.6 Å². The van der Waals surface area contributed by atoms with E-state index in [2.05, 4.69) is 5.32 Å². The quantitative estimate of drug-likeness (QED) is 0.828. The van der Waals surface area contributed by atoms with Crippen molar-refractivity contribution in [3.8, 4) is 0 Å². The summed E-state index contributed by atoms with van der Waals surface area (Å²) in [6.07, 6.45) is -0.242. The SMILES string of the molecule is CC(C)C(=O)NC1[C@H]2CN(C(=O)OC(C)(C)C)C[C@@H]12. The molecular weight excluding hydrogens is 244 g/mol. The first-order valence-corrected chi connectivity index (χ1v) is 6.97. The van der Waals surface area contributed by atoms with Gasteiger partial charge in [0.25, 0.3) is 0 Å². The van der Waals surface area contributed by atoms with Crippen molar-refractivity contribution in [2.75, 3.05) is 13.1 Å². The normalized spacial score (nSPS) is 29.2. The minimum Gasteiger partial charge on any atom is -0.444 e. The van der Waals surface area contributed by atoms with E-state index in [-0.39, 0.29) is 24.0 Å². The van der Waals surface area contributed by atoms with E-state index in [4.69, 9.17) is 4.74 Å². The molecule has 1 unspecified atom stereocenters. The monoisotopic (exact) mass is 268 g/mol. The van der Waals surface area contributed by atoms with Crippen LogP contribution in [0.25, 0.3) is 0 Å². The third-order valence-corrected chi connectivity index (χ3v) is 3.68. The van der Waals surface area contributed by atoms with E-state index in [1.54, 1.807) is 4.90 Å². The van der Waals surface area contributed by atoms with E-state index in [1.165, 1.54) is 0 Å². The van der Waals surface area contributed by atoms with Crippen LogP contribution in [-0.2, 0) is 9.53 Å². The minimum absolute atomic E-state index is 0.0169. The Morgan fingerprint density at radius 2 is 1.74 bits per heavy atom. The molecule has 0 bridgehead atoms. The summed E-state index contributed by atoms with van der Waals surface area (Å²) in [4.78, 5) is 25.2. The van der Waals surface area contributed by atoms with Gasteiger partial charge in [-0.2, -0.15) is 0 Å². The van der Waals surface area contributed by atoms with Crippen LogP contribution in [0.2, 0.25) is 0 Å². The highest BCUT2D eigenvalue weighted by Gasteiger charge is 2.57. The summed E-state index contributed by atoms with van der Waals surface area (Å²) in [5, 5.41) is 3.05. The topological polar surface area (TPSA) is 58.6 Å². The van der Waals surface area contributed by atoms with Gasteiger partial charge in [0.15, 0.2) is 0 Å². The number of ether oxygens (including phenoxy) is 1. The lowest BCUT2D eigenvalue weighted by molar-refractivity contribution is -0.124. The Kier molecular flexibility index (Phi) is 3.49. The fraction of sp³-hybridized carbons (Fsp3) is 0.857. The lowest BCUT2D eigenvalue weighted by Crippen LogP contribution is -2.40. The first-order chi connectivity index (χ1) is 8.69. The Labute approximate surface area is 114 Å². The molecule has 0 spiro atoms. The first-order valence-electron chi connectivity index (χ1n) is 6.97. The molecule has 2 rings (SSSR count). The Morgan fingerprint density at radius 1 is 1.21 bits per heavy atom. The molecule has 1 heterocycles. The van der Waals surface area contributed by atoms with Crippen molar-refractivity contribution >= 4 is 12.0 Å². The summed E-state index contributed by atoms with van der Waals surface area (Å²) in [5.74, 6) is 0.942. The number of likely N-dealkylation sites (tertiary alicyclic amines) is 1. The highest BCUT2D eigenvalue weighted by Crippen LogP contribution is 2.45. The average Bonchev–Trinajstić information content (AvgIpc) is 2.72. The Balaban J connectivity index is 1.78. The number of nitrogens with zero attached hydrogens (tertiary/aromatic N) is 1. The number of hydrogen-bond donors (Lipinski definition) is 1. The molecule has 1 saturated heterocycles. The molecule has 19 heavy (non-hydrogen) atoms. The van der Waals surface area contributed by atoms with Gasteiger partial charge < -0.3 is 15.0 Å². The van der Waals surface area contributed by atoms with Gasteiger partial charge in [0.1, 0.15) is 5.60 Å². The summed E-state index contributed by atoms with van der Waals surface area (Å²) < 4.78 is 5.34. The molecule has 2 fully saturated rings. The van der Waals surface area contributed by atoms with E-state index >= 15 is 0 Å². The van der Waals surface area contributed by atoms with Crippen molar-refractivity contribution in [1.82, 2.24) is 10.2 Å². The van der Waals surface area contributed by atoms with E-state index in [1.807, 2.05) is 34.6 Å². The summed E-state index contributed by atoms with van der Waals surface area (Å²) in [6.45, 7) is 10.8. The summed E-state index contributed by atoms with van der Waals surface area (Å²) >= 11 is 0. The zero-order chi connectivity index (χ0) is 14.4. The smallest absolute Gasteiger partial charge is 0.410 e. The van der Waals surface area contributed by atoms with Crippen LogP contribution in [0.1, 0.15) is 34.6 Å². The van der Waals surface area contributed by atoms with Gasteiger partial charge in [-0.05, 0) is 20.8 Å². The van der Waals surface area contributed by atoms with Crippen molar-refractivity contribution in [2.24, 2.45) is 17.8 Å². The van der Waals surface area contributed by atoms with E-state index in [0.29, 0.717) is 24.9 Å². The van der Waals surface area contributed by atoms with Crippen molar-refractivity contribution < 1.29 is 14.3 Å². The first kappa shape index (κ1) is 14.2. The number of hydrogen-bond acceptors (Lipinski definition) is 3. The van der Waals surface area contributed by atoms with E-state index in [0.717, 1.165) is 0 Å². The molecule has 0 aromatic rings. The number of fused-ring (bicyclic) bond motifs is 1. The number of rotatable bonds is 2. The minimum atomic E-state index is -0.449. The molecule has 0 radical (unpaired) electrons. The maximum absolute atomic E-state index is 11.9. The molecule has 2 aliphatic rings. The lowest BCUT2D eigenvalue weighted by atomic mass is 10.2. The summed E-state index contributed by atoms with van der Waals surface area (Å²) in [6, 6.07) is 0.258. The van der Waals surface area contributed by atoms with Crippen molar-refractivity contribution in [1.29, 1.82) is 0 Å². The second-order valence-corrected chi connectivity index (χ2v) is 6.90. The number of carbonyl (C=O) groups excluding carboxylic acids is 2. The van der Waals surface area contributed by atoms with Crippen molar-refractivity contribution in [3.63, 3.8) is 0 Å². The average molecular weight is 268 g/mol. The third kappa shape index (κ3) is 3.19. The van der Waals surface area contributed by atoms with Gasteiger partial charge in [0.05, 0.1) is 0 Å². The summed E-state index contributed by atoms with van der Waals surface area (Å²) in [7, 11) is 0. The van der Waals surface area contributed by atoms with Crippen LogP contribution in [0.5, 0.6) is 0 Å². The highest BCUT2D eigenvalue weighted by molar-refractivity contribution is 5.79. The molecule has 0 aromatic heterocycles. The van der Waals surface area contributed by atoms with Crippen LogP contribution in [0, 0.1) is 17.8 Å². The lowest BCUT2D eigenvalue weighted by Gasteiger charge is -2.26. The maximum Gasteiger partial charge on any atom is 0.410 e. The van der Waals surface area contributed by atoms with Crippen molar-refractivity contribution in [3.05, 3.63) is 0 Å². The van der Waals surface area contributed by atoms with Gasteiger partial charge in [0.2, 0.25) is 5.91 Å². The second kappa shape index (κ2) is 4.69. The standard InChI is InChI=1S/C14H24N2O3/c1-8(2)12(17)15-11-9-6-16(7-10(9)11)13(18)19-14(3,4)5/h8-11H,6-7H2,1-5H3,(H,15,17)/t9-,10+,11?. The predicted octanol–water partition coefficient (Wildman–Crippen LogP) is 1.62. The molecular formula is C14H24N2O3. The molecule has 3 atom stereocenters. The molecule has 1 aliphatic heterocycles. The van der Waals surface area contributed by atoms with Gasteiger partial charge in [-0.15, -0.1) is 0 Å². The summed E-state index contributed by atoms with van der Waals surface area (Å²) in [5.41, 5.74) is -0.449. The van der Waals surface area contributed by atoms with Crippen LogP contribution < -0.4 is 5.32 Å². The fourth-order valence-electron chi connectivity index (χ4n) is 2.55. The van der Waals surface area contributed by atoms with Crippen LogP contribution >= 0.6 is 0 Å². The largest absolute Gasteiger partial charge is 0.444 e. The highest BCUT2D eigenvalue weighted by atomic mass is 16.6. The molecule has 2 amide bonds. The van der Waals surface area contributed by atoms with E-state index in [9.17, 15) is 9.59 Å². The van der Waals surface area contributed by atoms with Crippen LogP contribution in [0.3, 0.4) is 0 Å². The van der Waals surface area contributed by atoms with Gasteiger partial charge in [-0.1, -0.05) is 13.8 Å². The molecule has 108 valence electrons. The second-order valence-electron chi connectivity index (χ2n) is 6.90. The van der Waals surface area contributed by atoms with Crippen LogP contribution in [0.4, 0.5) is 4.79 Å². The Bertz CT molecular complexity index is 375. The number of amides is 2. The van der Waals surface area contributed by atoms with Gasteiger partial charge in [-0.25, -0.2) is 4.79 Å². The Morgan fingerprint density at radius 3 is 2.16 bits per heavy atom. The van der Waals surface area contributed by atoms with E-state index < -0.39 is 5.60 Å². The fourth-order valence-corrected chi connectivity index (χ4v) is 2.55. The van der Waals surface area contributed by atoms with Gasteiger partial charge >= 0.3 is 6.09 Å². The number of piperidine rings is 1. The predicted molar refractivity (Wildman–Crippen MR) is 71.6 cm³/mol. The molecule has 1 aliphatic carbocycles. The van der Waals surface area contributed by atoms with Gasteiger partial charge in [0, 0.05) is 36.9 Å². The molecule has 5 nitrogen and oxygen atoms in total. The maximum atomic E-state index is 11.9. The van der Waals surface area contributed by atoms with Crippen molar-refractivity contribution in [2.45, 2.75) is 46.3 Å². The zero-order valence-corrected chi connectivity index (χ0v) is 12.4. The van der Waals surface area contributed by atoms with Crippen LogP contribution in [0.15, 0.2) is 0 Å².